The Balaban J connectivity index is 1.66. The smallest absolute Gasteiger partial charge is 0.343 e. The minimum atomic E-state index is -0.833. The standard InChI is InChI=1S/C34H34FN3O4/c1-19-8-7-9-21(16-19)32(39)42-23-12-13-24(28(18-23)41-6)25-14-15-27-31(38(5)33(40)34(3,4)37-27)29(25)30(36)26-17-22(35)11-10-20(26)2/h7-18,30,37H,36H2,1-6H3. The van der Waals surface area contributed by atoms with Gasteiger partial charge in [0, 0.05) is 24.2 Å². The minimum Gasteiger partial charge on any atom is -0.496 e. The van der Waals surface area contributed by atoms with Crippen LogP contribution < -0.4 is 25.4 Å². The third kappa shape index (κ3) is 5.21. The molecule has 0 saturated carbocycles. The SMILES string of the molecule is COc1cc(OC(=O)c2cccc(C)c2)ccc1-c1ccc2c(c1C(N)c1cc(F)ccc1C)N(C)C(=O)C(C)(C)N2. The maximum atomic E-state index is 14.4. The van der Waals surface area contributed by atoms with Crippen LogP contribution in [0.1, 0.15) is 52.5 Å². The summed E-state index contributed by atoms with van der Waals surface area (Å²) in [5, 5.41) is 3.34. The second-order valence-electron chi connectivity index (χ2n) is 11.1. The first-order valence-electron chi connectivity index (χ1n) is 13.6. The molecule has 4 aromatic carbocycles. The van der Waals surface area contributed by atoms with Crippen LogP contribution in [0.15, 0.2) is 72.8 Å². The highest BCUT2D eigenvalue weighted by atomic mass is 19.1. The van der Waals surface area contributed by atoms with Gasteiger partial charge >= 0.3 is 5.97 Å². The van der Waals surface area contributed by atoms with E-state index in [1.54, 1.807) is 54.4 Å². The lowest BCUT2D eigenvalue weighted by molar-refractivity contribution is -0.121. The maximum absolute atomic E-state index is 14.4. The number of carbonyl (C=O) groups is 2. The lowest BCUT2D eigenvalue weighted by Crippen LogP contribution is -2.53. The van der Waals surface area contributed by atoms with E-state index in [2.05, 4.69) is 5.32 Å². The lowest BCUT2D eigenvalue weighted by Gasteiger charge is -2.40. The number of ether oxygens (including phenoxy) is 2. The van der Waals surface area contributed by atoms with Crippen molar-refractivity contribution in [2.45, 2.75) is 39.3 Å². The Kier molecular flexibility index (Phi) is 7.51. The number of nitrogens with zero attached hydrogens (tertiary/aromatic N) is 1. The lowest BCUT2D eigenvalue weighted by atomic mass is 9.85. The van der Waals surface area contributed by atoms with E-state index in [0.717, 1.165) is 16.8 Å². The van der Waals surface area contributed by atoms with Crippen molar-refractivity contribution in [2.24, 2.45) is 5.73 Å². The highest BCUT2D eigenvalue weighted by molar-refractivity contribution is 6.09. The molecule has 1 heterocycles. The molecule has 0 fully saturated rings. The summed E-state index contributed by atoms with van der Waals surface area (Å²) in [7, 11) is 3.24. The molecule has 8 heteroatoms. The number of carbonyl (C=O) groups excluding carboxylic acids is 2. The van der Waals surface area contributed by atoms with Gasteiger partial charge in [0.15, 0.2) is 0 Å². The summed E-state index contributed by atoms with van der Waals surface area (Å²) in [5.41, 5.74) is 12.2. The van der Waals surface area contributed by atoms with Gasteiger partial charge in [-0.2, -0.15) is 0 Å². The molecule has 0 bridgehead atoms. The Morgan fingerprint density at radius 3 is 2.45 bits per heavy atom. The highest BCUT2D eigenvalue weighted by Crippen LogP contribution is 2.48. The number of nitrogens with one attached hydrogen (secondary N) is 1. The molecular formula is C34H34FN3O4. The van der Waals surface area contributed by atoms with Crippen LogP contribution in [-0.4, -0.2) is 31.6 Å². The molecule has 1 aliphatic heterocycles. The van der Waals surface area contributed by atoms with Crippen LogP contribution in [0.3, 0.4) is 0 Å². The first-order valence-corrected chi connectivity index (χ1v) is 13.6. The predicted molar refractivity (Wildman–Crippen MR) is 163 cm³/mol. The molecule has 0 aliphatic carbocycles. The average molecular weight is 568 g/mol. The van der Waals surface area contributed by atoms with Crippen molar-refractivity contribution in [3.63, 3.8) is 0 Å². The molecule has 4 aromatic rings. The number of hydrogen-bond donors (Lipinski definition) is 2. The molecule has 0 aromatic heterocycles. The van der Waals surface area contributed by atoms with Crippen molar-refractivity contribution >= 4 is 23.3 Å². The van der Waals surface area contributed by atoms with Gasteiger partial charge in [0.1, 0.15) is 22.9 Å². The molecule has 1 unspecified atom stereocenters. The van der Waals surface area contributed by atoms with Crippen LogP contribution in [0, 0.1) is 19.7 Å². The molecule has 216 valence electrons. The van der Waals surface area contributed by atoms with Crippen LogP contribution in [0.25, 0.3) is 11.1 Å². The summed E-state index contributed by atoms with van der Waals surface area (Å²) in [6.07, 6.45) is 0. The van der Waals surface area contributed by atoms with E-state index >= 15 is 0 Å². The zero-order chi connectivity index (χ0) is 30.3. The molecule has 42 heavy (non-hydrogen) atoms. The third-order valence-corrected chi connectivity index (χ3v) is 7.65. The van der Waals surface area contributed by atoms with Crippen molar-refractivity contribution in [1.82, 2.24) is 0 Å². The van der Waals surface area contributed by atoms with E-state index in [0.29, 0.717) is 45.0 Å². The van der Waals surface area contributed by atoms with E-state index in [-0.39, 0.29) is 5.91 Å². The zero-order valence-electron chi connectivity index (χ0n) is 24.5. The molecule has 1 atom stereocenters. The summed E-state index contributed by atoms with van der Waals surface area (Å²) in [5.74, 6) is -0.282. The molecule has 7 nitrogen and oxygen atoms in total. The third-order valence-electron chi connectivity index (χ3n) is 7.65. The largest absolute Gasteiger partial charge is 0.496 e. The topological polar surface area (TPSA) is 93.9 Å². The number of aryl methyl sites for hydroxylation is 2. The predicted octanol–water partition coefficient (Wildman–Crippen LogP) is 6.55. The number of benzene rings is 4. The average Bonchev–Trinajstić information content (AvgIpc) is 2.96. The second-order valence-corrected chi connectivity index (χ2v) is 11.1. The van der Waals surface area contributed by atoms with E-state index in [4.69, 9.17) is 15.2 Å². The Morgan fingerprint density at radius 2 is 1.74 bits per heavy atom. The highest BCUT2D eigenvalue weighted by Gasteiger charge is 2.40. The van der Waals surface area contributed by atoms with Crippen molar-refractivity contribution in [3.05, 3.63) is 106 Å². The van der Waals surface area contributed by atoms with Crippen molar-refractivity contribution < 1.29 is 23.5 Å². The van der Waals surface area contributed by atoms with Gasteiger partial charge in [-0.05, 0) is 86.8 Å². The fourth-order valence-electron chi connectivity index (χ4n) is 5.53. The van der Waals surface area contributed by atoms with Gasteiger partial charge in [0.2, 0.25) is 0 Å². The molecule has 0 saturated heterocycles. The number of esters is 1. The summed E-state index contributed by atoms with van der Waals surface area (Å²) in [6.45, 7) is 7.41. The summed E-state index contributed by atoms with van der Waals surface area (Å²) < 4.78 is 25.9. The fraction of sp³-hybridized carbons (Fsp3) is 0.235. The van der Waals surface area contributed by atoms with Crippen molar-refractivity contribution in [2.75, 3.05) is 24.4 Å². The Bertz CT molecular complexity index is 1720. The number of nitrogens with two attached hydrogens (primary N) is 1. The second kappa shape index (κ2) is 10.9. The molecule has 1 amide bonds. The van der Waals surface area contributed by atoms with Gasteiger partial charge < -0.3 is 25.4 Å². The number of hydrogen-bond acceptors (Lipinski definition) is 6. The fourth-order valence-corrected chi connectivity index (χ4v) is 5.53. The van der Waals surface area contributed by atoms with Crippen molar-refractivity contribution in [3.8, 4) is 22.6 Å². The first kappa shape index (κ1) is 28.8. The van der Waals surface area contributed by atoms with Gasteiger partial charge in [-0.3, -0.25) is 4.79 Å². The van der Waals surface area contributed by atoms with E-state index in [1.165, 1.54) is 19.2 Å². The number of amides is 1. The number of fused-ring (bicyclic) bond motifs is 1. The number of methoxy groups -OCH3 is 1. The van der Waals surface area contributed by atoms with Gasteiger partial charge in [0.05, 0.1) is 30.1 Å². The van der Waals surface area contributed by atoms with Gasteiger partial charge in [0.25, 0.3) is 5.91 Å². The molecule has 0 radical (unpaired) electrons. The monoisotopic (exact) mass is 567 g/mol. The number of likely N-dealkylation sites (N-methyl/N-ethyl adjacent to an activating group) is 1. The minimum absolute atomic E-state index is 0.137. The van der Waals surface area contributed by atoms with Crippen LogP contribution in [0.2, 0.25) is 0 Å². The molecule has 1 aliphatic rings. The molecular weight excluding hydrogens is 533 g/mol. The van der Waals surface area contributed by atoms with Crippen molar-refractivity contribution in [1.29, 1.82) is 0 Å². The van der Waals surface area contributed by atoms with Gasteiger partial charge in [-0.15, -0.1) is 0 Å². The van der Waals surface area contributed by atoms with Crippen LogP contribution in [-0.2, 0) is 4.79 Å². The summed E-state index contributed by atoms with van der Waals surface area (Å²) in [6, 6.07) is 19.8. The molecule has 3 N–H and O–H groups in total. The number of anilines is 2. The van der Waals surface area contributed by atoms with E-state index < -0.39 is 23.4 Å². The normalized spacial score (nSPS) is 14.6. The van der Waals surface area contributed by atoms with Gasteiger partial charge in [-0.1, -0.05) is 29.8 Å². The molecule has 5 rings (SSSR count). The Morgan fingerprint density at radius 1 is 1.00 bits per heavy atom. The number of halogens is 1. The number of rotatable bonds is 6. The summed E-state index contributed by atoms with van der Waals surface area (Å²) >= 11 is 0. The van der Waals surface area contributed by atoms with E-state index in [1.807, 2.05) is 45.9 Å². The maximum Gasteiger partial charge on any atom is 0.343 e. The van der Waals surface area contributed by atoms with Crippen LogP contribution in [0.5, 0.6) is 11.5 Å². The van der Waals surface area contributed by atoms with Crippen LogP contribution >= 0.6 is 0 Å². The van der Waals surface area contributed by atoms with Crippen LogP contribution in [0.4, 0.5) is 15.8 Å². The quantitative estimate of drug-likeness (QED) is 0.203. The Labute approximate surface area is 245 Å². The Hall–Kier alpha value is -4.69. The van der Waals surface area contributed by atoms with E-state index in [9.17, 15) is 14.0 Å². The summed E-state index contributed by atoms with van der Waals surface area (Å²) in [4.78, 5) is 27.8. The zero-order valence-corrected chi connectivity index (χ0v) is 24.5. The molecule has 0 spiro atoms. The first-order chi connectivity index (χ1) is 19.9. The van der Waals surface area contributed by atoms with Gasteiger partial charge in [-0.25, -0.2) is 9.18 Å².